The Bertz CT molecular complexity index is 472. The molecule has 0 amide bonds. The number of hydrogen-bond donors (Lipinski definition) is 1. The minimum absolute atomic E-state index is 0.451. The Labute approximate surface area is 110 Å². The predicted octanol–water partition coefficient (Wildman–Crippen LogP) is 3.47. The molecule has 0 unspecified atom stereocenters. The van der Waals surface area contributed by atoms with Crippen LogP contribution in [0, 0.1) is 0 Å². The van der Waals surface area contributed by atoms with Crippen LogP contribution in [0.25, 0.3) is 0 Å². The number of benzene rings is 1. The highest BCUT2D eigenvalue weighted by molar-refractivity contribution is 9.12. The molecule has 0 spiro atoms. The Balaban J connectivity index is 2.83. The maximum absolute atomic E-state index is 12.1. The van der Waals surface area contributed by atoms with Crippen LogP contribution in [0.5, 0.6) is 5.75 Å². The average molecular weight is 324 g/mol. The number of ether oxygens (including phenoxy) is 1. The van der Waals surface area contributed by atoms with E-state index in [0.29, 0.717) is 11.4 Å². The van der Waals surface area contributed by atoms with Crippen molar-refractivity contribution in [2.24, 2.45) is 0 Å². The van der Waals surface area contributed by atoms with Gasteiger partial charge in [0, 0.05) is 6.20 Å². The van der Waals surface area contributed by atoms with E-state index in [1.807, 2.05) is 0 Å². The van der Waals surface area contributed by atoms with Crippen molar-refractivity contribution in [2.45, 2.75) is 6.18 Å². The zero-order valence-corrected chi connectivity index (χ0v) is 10.8. The molecule has 0 aliphatic heterocycles. The van der Waals surface area contributed by atoms with Crippen molar-refractivity contribution < 1.29 is 22.7 Å². The van der Waals surface area contributed by atoms with Crippen LogP contribution in [0.15, 0.2) is 34.9 Å². The third-order valence-electron chi connectivity index (χ3n) is 1.94. The number of ketones is 1. The lowest BCUT2D eigenvalue weighted by molar-refractivity contribution is -0.165. The molecule has 0 aromatic heterocycles. The summed E-state index contributed by atoms with van der Waals surface area (Å²) >= 11 is 2.57. The molecular formula is C11H9BrF3NO2. The van der Waals surface area contributed by atoms with Crippen LogP contribution in [0.4, 0.5) is 18.9 Å². The number of methoxy groups -OCH3 is 1. The van der Waals surface area contributed by atoms with Gasteiger partial charge in [-0.25, -0.2) is 0 Å². The Hall–Kier alpha value is -1.50. The number of para-hydroxylation sites is 2. The second kappa shape index (κ2) is 5.90. The smallest absolute Gasteiger partial charge is 0.455 e. The summed E-state index contributed by atoms with van der Waals surface area (Å²) in [6.45, 7) is 0. The number of nitrogens with one attached hydrogen (secondary N) is 1. The number of hydrogen-bond acceptors (Lipinski definition) is 3. The third-order valence-corrected chi connectivity index (χ3v) is 2.52. The van der Waals surface area contributed by atoms with E-state index in [1.54, 1.807) is 24.3 Å². The van der Waals surface area contributed by atoms with Gasteiger partial charge < -0.3 is 10.1 Å². The minimum atomic E-state index is -4.90. The highest BCUT2D eigenvalue weighted by atomic mass is 79.9. The normalized spacial score (nSPS) is 12.2. The molecule has 0 radical (unpaired) electrons. The third kappa shape index (κ3) is 3.76. The lowest BCUT2D eigenvalue weighted by Gasteiger charge is -2.08. The number of alkyl halides is 3. The van der Waals surface area contributed by atoms with E-state index in [4.69, 9.17) is 4.74 Å². The van der Waals surface area contributed by atoms with Crippen LogP contribution in [0.2, 0.25) is 0 Å². The Morgan fingerprint density at radius 3 is 2.56 bits per heavy atom. The number of carbonyl (C=O) groups is 1. The molecule has 0 fully saturated rings. The fourth-order valence-electron chi connectivity index (χ4n) is 1.11. The first kappa shape index (κ1) is 14.6. The van der Waals surface area contributed by atoms with Crippen molar-refractivity contribution in [3.63, 3.8) is 0 Å². The maximum atomic E-state index is 12.1. The largest absolute Gasteiger partial charge is 0.495 e. The molecule has 0 aliphatic rings. The summed E-state index contributed by atoms with van der Waals surface area (Å²) in [6, 6.07) is 6.63. The second-order valence-corrected chi connectivity index (χ2v) is 4.02. The number of rotatable bonds is 4. The Kier molecular flexibility index (Phi) is 4.77. The first-order chi connectivity index (χ1) is 8.36. The molecule has 1 aromatic rings. The summed E-state index contributed by atoms with van der Waals surface area (Å²) in [7, 11) is 1.43. The quantitative estimate of drug-likeness (QED) is 0.862. The fraction of sp³-hybridized carbons (Fsp3) is 0.182. The molecular weight excluding hydrogens is 315 g/mol. The maximum Gasteiger partial charge on any atom is 0.455 e. The first-order valence-electron chi connectivity index (χ1n) is 4.73. The molecule has 0 atom stereocenters. The van der Waals surface area contributed by atoms with Crippen molar-refractivity contribution in [1.82, 2.24) is 0 Å². The minimum Gasteiger partial charge on any atom is -0.495 e. The number of allylic oxidation sites excluding steroid dienone is 1. The van der Waals surface area contributed by atoms with Crippen molar-refractivity contribution in [3.8, 4) is 5.75 Å². The molecule has 7 heteroatoms. The summed E-state index contributed by atoms with van der Waals surface area (Å²) in [6.07, 6.45) is -3.98. The molecule has 0 saturated heterocycles. The van der Waals surface area contributed by atoms with Crippen LogP contribution in [-0.4, -0.2) is 19.1 Å². The van der Waals surface area contributed by atoms with E-state index in [0.717, 1.165) is 6.20 Å². The van der Waals surface area contributed by atoms with Crippen LogP contribution in [-0.2, 0) is 4.79 Å². The van der Waals surface area contributed by atoms with Gasteiger partial charge in [-0.2, -0.15) is 13.2 Å². The lowest BCUT2D eigenvalue weighted by atomic mass is 10.3. The average Bonchev–Trinajstić information content (AvgIpc) is 2.34. The molecule has 0 saturated carbocycles. The van der Waals surface area contributed by atoms with E-state index >= 15 is 0 Å². The zero-order chi connectivity index (χ0) is 13.8. The van der Waals surface area contributed by atoms with Gasteiger partial charge in [-0.3, -0.25) is 4.79 Å². The van der Waals surface area contributed by atoms with E-state index in [-0.39, 0.29) is 0 Å². The summed E-state index contributed by atoms with van der Waals surface area (Å²) in [5, 5.41) is 2.56. The Morgan fingerprint density at radius 2 is 2.00 bits per heavy atom. The molecule has 0 aliphatic carbocycles. The molecule has 0 heterocycles. The van der Waals surface area contributed by atoms with Crippen molar-refractivity contribution in [2.75, 3.05) is 12.4 Å². The molecule has 1 aromatic carbocycles. The highest BCUT2D eigenvalue weighted by Gasteiger charge is 2.39. The predicted molar refractivity (Wildman–Crippen MR) is 64.7 cm³/mol. The number of halogens is 4. The van der Waals surface area contributed by atoms with Crippen molar-refractivity contribution >= 4 is 27.4 Å². The monoisotopic (exact) mass is 323 g/mol. The topological polar surface area (TPSA) is 38.3 Å². The van der Waals surface area contributed by atoms with Gasteiger partial charge >= 0.3 is 6.18 Å². The second-order valence-electron chi connectivity index (χ2n) is 3.16. The van der Waals surface area contributed by atoms with Crippen LogP contribution in [0.1, 0.15) is 0 Å². The van der Waals surface area contributed by atoms with E-state index < -0.39 is 16.4 Å². The number of carbonyl (C=O) groups excluding carboxylic acids is 1. The molecule has 98 valence electrons. The Morgan fingerprint density at radius 1 is 1.39 bits per heavy atom. The highest BCUT2D eigenvalue weighted by Crippen LogP contribution is 2.26. The van der Waals surface area contributed by atoms with Gasteiger partial charge in [0.25, 0.3) is 5.78 Å². The molecule has 3 nitrogen and oxygen atoms in total. The van der Waals surface area contributed by atoms with Crippen molar-refractivity contribution in [1.29, 1.82) is 0 Å². The standard InChI is InChI=1S/C11H9BrF3NO2/c1-18-9-5-3-2-4-8(9)16-6-7(12)10(17)11(13,14)15/h2-6,16H,1H3. The summed E-state index contributed by atoms with van der Waals surface area (Å²) in [5.74, 6) is -1.50. The SMILES string of the molecule is COc1ccccc1NC=C(Br)C(=O)C(F)(F)F. The molecule has 18 heavy (non-hydrogen) atoms. The van der Waals surface area contributed by atoms with Gasteiger partial charge in [0.1, 0.15) is 5.75 Å². The van der Waals surface area contributed by atoms with Gasteiger partial charge in [0.15, 0.2) is 0 Å². The van der Waals surface area contributed by atoms with Gasteiger partial charge in [-0.05, 0) is 28.1 Å². The number of anilines is 1. The zero-order valence-electron chi connectivity index (χ0n) is 9.22. The number of Topliss-reactive ketones (excluding diaryl/α,β-unsaturated/α-hetero) is 1. The van der Waals surface area contributed by atoms with Gasteiger partial charge in [0.2, 0.25) is 0 Å². The molecule has 1 rings (SSSR count). The fourth-order valence-corrected chi connectivity index (χ4v) is 1.45. The summed E-state index contributed by atoms with van der Waals surface area (Å²) < 4.78 is 40.7. The summed E-state index contributed by atoms with van der Waals surface area (Å²) in [4.78, 5) is 10.8. The first-order valence-corrected chi connectivity index (χ1v) is 5.52. The lowest BCUT2D eigenvalue weighted by Crippen LogP contribution is -2.22. The van der Waals surface area contributed by atoms with Crippen LogP contribution >= 0.6 is 15.9 Å². The van der Waals surface area contributed by atoms with Gasteiger partial charge in [0.05, 0.1) is 17.3 Å². The van der Waals surface area contributed by atoms with E-state index in [1.165, 1.54) is 7.11 Å². The van der Waals surface area contributed by atoms with Gasteiger partial charge in [-0.15, -0.1) is 0 Å². The van der Waals surface area contributed by atoms with E-state index in [9.17, 15) is 18.0 Å². The van der Waals surface area contributed by atoms with Crippen LogP contribution in [0.3, 0.4) is 0 Å². The van der Waals surface area contributed by atoms with Gasteiger partial charge in [-0.1, -0.05) is 12.1 Å². The van der Waals surface area contributed by atoms with Crippen LogP contribution < -0.4 is 10.1 Å². The molecule has 1 N–H and O–H groups in total. The van der Waals surface area contributed by atoms with E-state index in [2.05, 4.69) is 21.2 Å². The summed E-state index contributed by atoms with van der Waals surface area (Å²) in [5.41, 5.74) is 0.451. The molecule has 0 bridgehead atoms. The van der Waals surface area contributed by atoms with Crippen molar-refractivity contribution in [3.05, 3.63) is 34.9 Å².